The SMILES string of the molecule is C=COCCN1C=CN(C)C1.C=COCCN1C=CN(C)C1.C=COCCN1C=CN(CCCC)C1.C=COCCN1C=CN(CCCC)C1.C=COCCN1C=CN(CCCC)C1.C=COCCN1C=CN(CCCC)C1.C=COCCN1C=CN(CCCCC)C1.FB(F)F.FP(F)(F)(F)F.O=S(=O)([N-]S(=O)(=O)C(F)(F)F)C(F)(F)F.[Cl-].[Cl-].[Cl-].[Cl-].[F-].[F-]. The van der Waals surface area contributed by atoms with E-state index in [1.807, 2.05) is 26.5 Å². The first-order chi connectivity index (χ1) is 55.6. The Morgan fingerprint density at radius 2 is 0.460 bits per heavy atom. The van der Waals surface area contributed by atoms with Crippen LogP contribution < -0.4 is 59.0 Å². The Balaban J connectivity index is -0.000000170. The number of rotatable bonds is 46. The van der Waals surface area contributed by atoms with Crippen LogP contribution in [-0.2, 0) is 53.2 Å². The third kappa shape index (κ3) is 80.4. The fourth-order valence-electron chi connectivity index (χ4n) is 9.50. The molecule has 0 unspecified atom stereocenters. The number of hydrogen-bond acceptors (Lipinski definition) is 25. The van der Waals surface area contributed by atoms with Gasteiger partial charge in [-0.15, -0.1) is 0 Å². The van der Waals surface area contributed by atoms with Gasteiger partial charge in [0.1, 0.15) is 46.2 Å². The van der Waals surface area contributed by atoms with Crippen molar-refractivity contribution in [3.8, 4) is 0 Å². The van der Waals surface area contributed by atoms with Crippen LogP contribution in [-0.4, -0.2) is 290 Å². The van der Waals surface area contributed by atoms with Crippen molar-refractivity contribution in [1.82, 2.24) is 68.6 Å². The predicted molar refractivity (Wildman–Crippen MR) is 441 cm³/mol. The number of ether oxygens (including phenoxy) is 7. The summed E-state index contributed by atoms with van der Waals surface area (Å²) in [6.07, 6.45) is 54.1. The summed E-state index contributed by atoms with van der Waals surface area (Å²) in [5.41, 5.74) is -12.4. The van der Waals surface area contributed by atoms with E-state index < -0.39 is 46.8 Å². The largest absolute Gasteiger partial charge is 1.00 e. The van der Waals surface area contributed by atoms with Crippen molar-refractivity contribution in [2.45, 2.75) is 116 Å². The van der Waals surface area contributed by atoms with Crippen LogP contribution in [0.3, 0.4) is 0 Å². The molecule has 124 heavy (non-hydrogen) atoms. The second-order valence-electron chi connectivity index (χ2n) is 25.5. The summed E-state index contributed by atoms with van der Waals surface area (Å²) in [5.74, 6) is 0. The number of halogens is 20. The molecule has 7 rings (SSSR count). The summed E-state index contributed by atoms with van der Waals surface area (Å²) < 4.78 is 223. The molecule has 0 amide bonds. The molecule has 7 heterocycles. The van der Waals surface area contributed by atoms with Crippen molar-refractivity contribution >= 4 is 35.7 Å². The maximum absolute atomic E-state index is 11.4. The Morgan fingerprint density at radius 1 is 0.315 bits per heavy atom. The molecule has 0 aromatic carbocycles. The number of unbranched alkanes of at least 4 members (excludes halogenated alkanes) is 6. The van der Waals surface area contributed by atoms with E-state index in [-0.39, 0.29) is 59.0 Å². The molecule has 0 radical (unpaired) electrons. The first-order valence-corrected chi connectivity index (χ1v) is 42.8. The van der Waals surface area contributed by atoms with Crippen LogP contribution in [0.1, 0.15) is 105 Å². The minimum absolute atomic E-state index is 0. The van der Waals surface area contributed by atoms with Gasteiger partial charge in [-0.2, -0.15) is 26.3 Å². The molecule has 7 aliphatic rings. The molecule has 26 nitrogen and oxygen atoms in total. The molecule has 0 aliphatic carbocycles. The van der Waals surface area contributed by atoms with Crippen LogP contribution in [0, 0.1) is 0 Å². The Bertz CT molecular complexity index is 2860. The van der Waals surface area contributed by atoms with Gasteiger partial charge in [-0.1, -0.05) is 119 Å². The van der Waals surface area contributed by atoms with E-state index in [2.05, 4.69) is 224 Å². The summed E-state index contributed by atoms with van der Waals surface area (Å²) >= 11 is 0. The Hall–Kier alpha value is -7.45. The number of sulfonamides is 2. The van der Waals surface area contributed by atoms with Crippen LogP contribution in [0.15, 0.2) is 177 Å². The monoisotopic (exact) mass is 1950 g/mol. The summed E-state index contributed by atoms with van der Waals surface area (Å²) in [5, 5.41) is 0. The second-order valence-corrected chi connectivity index (χ2v) is 30.2. The van der Waals surface area contributed by atoms with Crippen molar-refractivity contribution in [1.29, 1.82) is 0 Å². The van der Waals surface area contributed by atoms with Gasteiger partial charge in [0.25, 0.3) is 0 Å². The van der Waals surface area contributed by atoms with E-state index in [1.165, 1.54) is 121 Å². The number of nitrogens with zero attached hydrogens (tertiary/aromatic N) is 15. The van der Waals surface area contributed by atoms with Crippen LogP contribution in [0.5, 0.6) is 0 Å². The molecule has 0 aromatic heterocycles. The molecule has 0 atom stereocenters. The Kier molecular flexibility index (Phi) is 87.0. The molecular weight excluding hydrogens is 1830 g/mol. The van der Waals surface area contributed by atoms with Crippen molar-refractivity contribution < 1.29 is 169 Å². The van der Waals surface area contributed by atoms with Gasteiger partial charge >= 0.3 is 47.7 Å². The van der Waals surface area contributed by atoms with Crippen LogP contribution in [0.25, 0.3) is 4.13 Å². The van der Waals surface area contributed by atoms with Crippen molar-refractivity contribution in [3.63, 3.8) is 0 Å². The fourth-order valence-corrected chi connectivity index (χ4v) is 11.2. The van der Waals surface area contributed by atoms with Gasteiger partial charge in [-0.05, 0) is 32.1 Å². The van der Waals surface area contributed by atoms with E-state index in [0.717, 1.165) is 156 Å². The van der Waals surface area contributed by atoms with Crippen molar-refractivity contribution in [2.75, 3.05) is 186 Å². The Labute approximate surface area is 752 Å². The molecule has 0 saturated carbocycles. The maximum atomic E-state index is 11.4. The molecule has 0 N–H and O–H groups in total. The normalized spacial score (nSPS) is 14.3. The third-order valence-electron chi connectivity index (χ3n) is 15.5. The number of alkyl halides is 6. The van der Waals surface area contributed by atoms with Gasteiger partial charge in [0, 0.05) is 134 Å². The molecule has 0 saturated heterocycles. The van der Waals surface area contributed by atoms with Gasteiger partial charge in [0.15, 0.2) is 20.0 Å². The molecule has 0 bridgehead atoms. The Morgan fingerprint density at radius 3 is 0.597 bits per heavy atom. The van der Waals surface area contributed by atoms with Crippen LogP contribution in [0.4, 0.5) is 60.3 Å². The van der Waals surface area contributed by atoms with Gasteiger partial charge in [0.05, 0.1) is 136 Å². The molecule has 50 heteroatoms. The first kappa shape index (κ1) is 135. The average molecular weight is 1960 g/mol. The van der Waals surface area contributed by atoms with E-state index in [4.69, 9.17) is 33.2 Å². The molecule has 0 aromatic rings. The van der Waals surface area contributed by atoms with E-state index in [1.54, 1.807) is 0 Å². The van der Waals surface area contributed by atoms with Gasteiger partial charge in [0.2, 0.25) is 0 Å². The first-order valence-electron chi connectivity index (χ1n) is 38.2. The smallest absolute Gasteiger partial charge is 0.480 e. The van der Waals surface area contributed by atoms with E-state index >= 15 is 0 Å². The van der Waals surface area contributed by atoms with Gasteiger partial charge in [-0.3, -0.25) is 12.9 Å². The number of hydrogen-bond donors (Lipinski definition) is 0. The van der Waals surface area contributed by atoms with Crippen LogP contribution >= 0.6 is 8.16 Å². The molecule has 0 fully saturated rings. The summed E-state index contributed by atoms with van der Waals surface area (Å²) in [6, 6.07) is 0. The minimum atomic E-state index is -8.55. The van der Waals surface area contributed by atoms with Crippen LogP contribution in [0.2, 0.25) is 0 Å². The zero-order valence-electron chi connectivity index (χ0n) is 71.8. The topological polar surface area (TPSA) is 192 Å². The second kappa shape index (κ2) is 80.1. The molecular formula is C74H130BCl4F16N15O11PS2-7. The molecule has 0 spiro atoms. The maximum Gasteiger partial charge on any atom is 0.480 e. The molecule has 7 aliphatic heterocycles. The summed E-state index contributed by atoms with van der Waals surface area (Å²) in [6.45, 7) is 59.9. The quantitative estimate of drug-likeness (QED) is 0.0235. The standard InChI is InChI=1S/C12H22N2O.4C11H20N2O.2C8H14N2O.C2F6NO4S2.BF3.4ClH.F5P.2FH/c1-3-5-6-7-13-8-9-14(12-13)10-11-15-4-2;4*1-3-5-6-12-7-8-13(11-12)9-10-14-4-2;2*1-3-11-7-6-10-5-4-9(2)8-10;3-1(4,5)14(10,11)9-15(12,13)2(6,7)8;2-1(3)4;;;;;1-6(2,3,4)5;;/h4,8-9H,2-3,5-7,10-12H2,1H3;4*4,7-8H,2-3,5-6,9-11H2,1H3;2*3-5H,1,6-8H2,2H3;;;4*1H;;2*1H/q;;;;;;;-1;;;;;;;;/p-6. The van der Waals surface area contributed by atoms with E-state index in [9.17, 15) is 77.1 Å². The predicted octanol–water partition coefficient (Wildman–Crippen LogP) is -1.07. The van der Waals surface area contributed by atoms with Gasteiger partial charge in [-0.25, -0.2) is 16.8 Å². The third-order valence-corrected chi connectivity index (χ3v) is 18.2. The molecule has 734 valence electrons. The minimum Gasteiger partial charge on any atom is -1.00 e. The summed E-state index contributed by atoms with van der Waals surface area (Å²) in [4.78, 5) is 31.5. The van der Waals surface area contributed by atoms with Crippen molar-refractivity contribution in [3.05, 3.63) is 181 Å². The summed E-state index contributed by atoms with van der Waals surface area (Å²) in [7, 11) is -21.6. The van der Waals surface area contributed by atoms with Gasteiger partial charge < -0.3 is 165 Å². The zero-order chi connectivity index (χ0) is 89.8. The van der Waals surface area contributed by atoms with Crippen molar-refractivity contribution in [2.24, 2.45) is 0 Å². The zero-order valence-corrected chi connectivity index (χ0v) is 77.4. The fraction of sp³-hybridized carbons (Fsp3) is 0.622. The average Bonchev–Trinajstić information content (AvgIpc) is 1.24. The van der Waals surface area contributed by atoms with E-state index in [0.29, 0.717) is 13.2 Å².